The number of nitrogens with one attached hydrogen (secondary N) is 1. The van der Waals surface area contributed by atoms with Gasteiger partial charge >= 0.3 is 5.97 Å². The van der Waals surface area contributed by atoms with Gasteiger partial charge in [0, 0.05) is 5.38 Å². The highest BCUT2D eigenvalue weighted by molar-refractivity contribution is 7.11. The van der Waals surface area contributed by atoms with E-state index in [-0.39, 0.29) is 23.0 Å². The quantitative estimate of drug-likeness (QED) is 0.882. The van der Waals surface area contributed by atoms with Gasteiger partial charge in [-0.2, -0.15) is 0 Å². The van der Waals surface area contributed by atoms with Gasteiger partial charge < -0.3 is 10.1 Å². The molecule has 2 rings (SSSR count). The molecule has 0 atom stereocenters. The molecule has 0 saturated heterocycles. The van der Waals surface area contributed by atoms with Gasteiger partial charge in [0.15, 0.2) is 0 Å². The highest BCUT2D eigenvalue weighted by Crippen LogP contribution is 2.18. The molecule has 0 saturated carbocycles. The zero-order valence-corrected chi connectivity index (χ0v) is 12.3. The predicted octanol–water partition coefficient (Wildman–Crippen LogP) is 3.02. The molecular weight excluding hydrogens is 295 g/mol. The molecule has 0 aliphatic rings. The van der Waals surface area contributed by atoms with Gasteiger partial charge in [0.05, 0.1) is 12.3 Å². The largest absolute Gasteiger partial charge is 0.461 e. The first-order valence-electron chi connectivity index (χ1n) is 6.21. The number of ether oxygens (including phenoxy) is 1. The van der Waals surface area contributed by atoms with Crippen LogP contribution < -0.4 is 5.32 Å². The van der Waals surface area contributed by atoms with Crippen LogP contribution in [0.5, 0.6) is 0 Å². The minimum Gasteiger partial charge on any atom is -0.461 e. The van der Waals surface area contributed by atoms with E-state index in [1.807, 2.05) is 0 Å². The smallest absolute Gasteiger partial charge is 0.367 e. The summed E-state index contributed by atoms with van der Waals surface area (Å²) in [6.07, 6.45) is 0. The van der Waals surface area contributed by atoms with E-state index in [0.717, 1.165) is 16.9 Å². The number of aryl methyl sites for hydroxylation is 1. The number of carbonyl (C=O) groups excluding carboxylic acids is 2. The fraction of sp³-hybridized carbons (Fsp3) is 0.214. The number of carbonyl (C=O) groups is 2. The van der Waals surface area contributed by atoms with Gasteiger partial charge in [-0.3, -0.25) is 4.79 Å². The normalized spacial score (nSPS) is 10.2. The van der Waals surface area contributed by atoms with E-state index < -0.39 is 17.7 Å². The summed E-state index contributed by atoms with van der Waals surface area (Å²) in [5.74, 6) is -1.69. The minimum absolute atomic E-state index is 0.0453. The third-order valence-electron chi connectivity index (χ3n) is 2.56. The average Bonchev–Trinajstić information content (AvgIpc) is 2.93. The Morgan fingerprint density at radius 1 is 1.43 bits per heavy atom. The van der Waals surface area contributed by atoms with Crippen molar-refractivity contribution in [3.05, 3.63) is 45.7 Å². The van der Waals surface area contributed by atoms with E-state index in [4.69, 9.17) is 4.74 Å². The summed E-state index contributed by atoms with van der Waals surface area (Å²) in [5.41, 5.74) is 0.937. The first-order chi connectivity index (χ1) is 10.0. The van der Waals surface area contributed by atoms with Crippen molar-refractivity contribution in [3.63, 3.8) is 0 Å². The SMILES string of the molecule is CCOC(=O)c1nc(C(=O)Nc2cc(C)ccc2F)cs1. The van der Waals surface area contributed by atoms with Crippen molar-refractivity contribution in [2.24, 2.45) is 0 Å². The fourth-order valence-electron chi connectivity index (χ4n) is 1.59. The number of hydrogen-bond donors (Lipinski definition) is 1. The van der Waals surface area contributed by atoms with Crippen molar-refractivity contribution in [3.8, 4) is 0 Å². The minimum atomic E-state index is -0.580. The molecule has 0 fully saturated rings. The topological polar surface area (TPSA) is 68.3 Å². The predicted molar refractivity (Wildman–Crippen MR) is 77.2 cm³/mol. The number of amides is 1. The number of halogens is 1. The zero-order chi connectivity index (χ0) is 15.4. The van der Waals surface area contributed by atoms with Crippen molar-refractivity contribution in [1.82, 2.24) is 4.98 Å². The lowest BCUT2D eigenvalue weighted by Crippen LogP contribution is -2.14. The highest BCUT2D eigenvalue weighted by Gasteiger charge is 2.17. The molecule has 1 amide bonds. The van der Waals surface area contributed by atoms with Crippen molar-refractivity contribution in [2.75, 3.05) is 11.9 Å². The van der Waals surface area contributed by atoms with Gasteiger partial charge in [-0.15, -0.1) is 11.3 Å². The zero-order valence-electron chi connectivity index (χ0n) is 11.5. The summed E-state index contributed by atoms with van der Waals surface area (Å²) in [4.78, 5) is 27.3. The summed E-state index contributed by atoms with van der Waals surface area (Å²) in [5, 5.41) is 3.95. The number of benzene rings is 1. The number of anilines is 1. The Kier molecular flexibility index (Phi) is 4.64. The third-order valence-corrected chi connectivity index (χ3v) is 3.38. The summed E-state index contributed by atoms with van der Waals surface area (Å²) < 4.78 is 18.4. The Hall–Kier alpha value is -2.28. The number of esters is 1. The molecular formula is C14H13FN2O3S. The van der Waals surface area contributed by atoms with E-state index >= 15 is 0 Å². The van der Waals surface area contributed by atoms with E-state index in [2.05, 4.69) is 10.3 Å². The Balaban J connectivity index is 2.14. The second-order valence-corrected chi connectivity index (χ2v) is 5.05. The molecule has 5 nitrogen and oxygen atoms in total. The maximum atomic E-state index is 13.6. The molecule has 0 unspecified atom stereocenters. The summed E-state index contributed by atoms with van der Waals surface area (Å²) in [6.45, 7) is 3.70. The average molecular weight is 308 g/mol. The summed E-state index contributed by atoms with van der Waals surface area (Å²) >= 11 is 1.00. The van der Waals surface area contributed by atoms with E-state index in [0.29, 0.717) is 0 Å². The molecule has 1 aromatic heterocycles. The van der Waals surface area contributed by atoms with Gasteiger partial charge in [-0.05, 0) is 31.5 Å². The van der Waals surface area contributed by atoms with Gasteiger partial charge in [0.25, 0.3) is 5.91 Å². The van der Waals surface area contributed by atoms with Crippen LogP contribution in [-0.4, -0.2) is 23.5 Å². The molecule has 0 aliphatic carbocycles. The van der Waals surface area contributed by atoms with Crippen LogP contribution >= 0.6 is 11.3 Å². The number of rotatable bonds is 4. The number of aromatic nitrogens is 1. The lowest BCUT2D eigenvalue weighted by Gasteiger charge is -2.05. The van der Waals surface area contributed by atoms with Crippen molar-refractivity contribution in [1.29, 1.82) is 0 Å². The number of thiazole rings is 1. The standard InChI is InChI=1S/C14H13FN2O3S/c1-3-20-14(19)13-17-11(7-21-13)12(18)16-10-6-8(2)4-5-9(10)15/h4-7H,3H2,1-2H3,(H,16,18). The van der Waals surface area contributed by atoms with Gasteiger partial charge in [-0.1, -0.05) is 6.07 Å². The second-order valence-electron chi connectivity index (χ2n) is 4.20. The first kappa shape index (κ1) is 15.1. The van der Waals surface area contributed by atoms with E-state index in [1.165, 1.54) is 17.5 Å². The molecule has 1 N–H and O–H groups in total. The van der Waals surface area contributed by atoms with Crippen LogP contribution in [0.15, 0.2) is 23.6 Å². The number of hydrogen-bond acceptors (Lipinski definition) is 5. The van der Waals surface area contributed by atoms with Crippen LogP contribution in [0, 0.1) is 12.7 Å². The lowest BCUT2D eigenvalue weighted by molar-refractivity contribution is 0.0526. The van der Waals surface area contributed by atoms with Gasteiger partial charge in [0.2, 0.25) is 5.01 Å². The molecule has 2 aromatic rings. The molecule has 21 heavy (non-hydrogen) atoms. The molecule has 0 aliphatic heterocycles. The first-order valence-corrected chi connectivity index (χ1v) is 7.09. The Labute approximate surface area is 124 Å². The molecule has 7 heteroatoms. The Bertz CT molecular complexity index is 685. The van der Waals surface area contributed by atoms with Crippen LogP contribution in [0.25, 0.3) is 0 Å². The monoisotopic (exact) mass is 308 g/mol. The van der Waals surface area contributed by atoms with Crippen molar-refractivity contribution in [2.45, 2.75) is 13.8 Å². The molecule has 1 aromatic carbocycles. The summed E-state index contributed by atoms with van der Waals surface area (Å²) in [6, 6.07) is 4.40. The molecule has 0 bridgehead atoms. The maximum absolute atomic E-state index is 13.6. The lowest BCUT2D eigenvalue weighted by atomic mass is 10.2. The summed E-state index contributed by atoms with van der Waals surface area (Å²) in [7, 11) is 0. The molecule has 0 radical (unpaired) electrons. The van der Waals surface area contributed by atoms with Crippen LogP contribution in [-0.2, 0) is 4.74 Å². The van der Waals surface area contributed by atoms with Crippen molar-refractivity contribution < 1.29 is 18.7 Å². The number of nitrogens with zero attached hydrogens (tertiary/aromatic N) is 1. The highest BCUT2D eigenvalue weighted by atomic mass is 32.1. The van der Waals surface area contributed by atoms with Crippen LogP contribution in [0.3, 0.4) is 0 Å². The van der Waals surface area contributed by atoms with E-state index in [1.54, 1.807) is 19.9 Å². The van der Waals surface area contributed by atoms with Gasteiger partial charge in [0.1, 0.15) is 11.5 Å². The maximum Gasteiger partial charge on any atom is 0.367 e. The molecule has 110 valence electrons. The second kappa shape index (κ2) is 6.45. The van der Waals surface area contributed by atoms with Gasteiger partial charge in [-0.25, -0.2) is 14.2 Å². The Morgan fingerprint density at radius 2 is 2.19 bits per heavy atom. The van der Waals surface area contributed by atoms with Crippen LogP contribution in [0.2, 0.25) is 0 Å². The van der Waals surface area contributed by atoms with Crippen molar-refractivity contribution >= 4 is 28.9 Å². The van der Waals surface area contributed by atoms with Crippen LogP contribution in [0.1, 0.15) is 32.8 Å². The fourth-order valence-corrected chi connectivity index (χ4v) is 2.28. The van der Waals surface area contributed by atoms with E-state index in [9.17, 15) is 14.0 Å². The Morgan fingerprint density at radius 3 is 2.90 bits per heavy atom. The molecule has 0 spiro atoms. The molecule has 1 heterocycles. The third kappa shape index (κ3) is 3.63. The van der Waals surface area contributed by atoms with Crippen LogP contribution in [0.4, 0.5) is 10.1 Å².